The first-order valence-electron chi connectivity index (χ1n) is 7.43. The summed E-state index contributed by atoms with van der Waals surface area (Å²) in [5.74, 6) is 0.323. The van der Waals surface area contributed by atoms with Crippen LogP contribution < -0.4 is 11.1 Å². The second-order valence-corrected chi connectivity index (χ2v) is 5.31. The van der Waals surface area contributed by atoms with Crippen molar-refractivity contribution in [3.05, 3.63) is 18.3 Å². The van der Waals surface area contributed by atoms with Gasteiger partial charge < -0.3 is 16.0 Å². The number of halogens is 1. The highest BCUT2D eigenvalue weighted by atomic mass is 35.5. The number of rotatable bonds is 4. The average Bonchev–Trinajstić information content (AvgIpc) is 2.50. The number of carbonyl (C=O) groups is 2. The Balaban J connectivity index is 0.00000242. The molecule has 2 heterocycles. The maximum Gasteiger partial charge on any atom is 0.247 e. The number of anilines is 2. The third kappa shape index (κ3) is 4.59. The molecule has 1 aliphatic heterocycles. The normalized spacial score (nSPS) is 17.5. The van der Waals surface area contributed by atoms with E-state index in [9.17, 15) is 9.59 Å². The van der Waals surface area contributed by atoms with E-state index in [-0.39, 0.29) is 30.3 Å². The van der Waals surface area contributed by atoms with Crippen molar-refractivity contribution in [3.8, 4) is 0 Å². The monoisotopic (exact) mass is 326 g/mol. The van der Waals surface area contributed by atoms with Crippen molar-refractivity contribution in [1.29, 1.82) is 0 Å². The molecule has 122 valence electrons. The molecule has 1 unspecified atom stereocenters. The first kappa shape index (κ1) is 18.2. The number of likely N-dealkylation sites (tertiary alicyclic amines) is 1. The third-order valence-electron chi connectivity index (χ3n) is 3.64. The van der Waals surface area contributed by atoms with Crippen LogP contribution in [0.4, 0.5) is 11.5 Å². The summed E-state index contributed by atoms with van der Waals surface area (Å²) in [6.45, 7) is 2.63. The van der Waals surface area contributed by atoms with Gasteiger partial charge in [-0.2, -0.15) is 0 Å². The molecule has 1 aromatic heterocycles. The first-order valence-corrected chi connectivity index (χ1v) is 7.43. The zero-order chi connectivity index (χ0) is 15.2. The quantitative estimate of drug-likeness (QED) is 0.887. The van der Waals surface area contributed by atoms with Gasteiger partial charge in [-0.25, -0.2) is 4.98 Å². The molecule has 2 amide bonds. The zero-order valence-electron chi connectivity index (χ0n) is 12.7. The van der Waals surface area contributed by atoms with Gasteiger partial charge in [-0.1, -0.05) is 6.92 Å². The van der Waals surface area contributed by atoms with Crippen LogP contribution in [0.1, 0.15) is 39.0 Å². The molecule has 7 heteroatoms. The summed E-state index contributed by atoms with van der Waals surface area (Å²) in [6.07, 6.45) is 5.45. The zero-order valence-corrected chi connectivity index (χ0v) is 13.6. The van der Waals surface area contributed by atoms with Crippen molar-refractivity contribution < 1.29 is 9.59 Å². The lowest BCUT2D eigenvalue weighted by Gasteiger charge is -2.34. The number of aromatic nitrogens is 1. The second-order valence-electron chi connectivity index (χ2n) is 5.31. The summed E-state index contributed by atoms with van der Waals surface area (Å²) >= 11 is 0. The Morgan fingerprint density at radius 3 is 2.82 bits per heavy atom. The summed E-state index contributed by atoms with van der Waals surface area (Å²) in [7, 11) is 0. The number of nitrogens with two attached hydrogens (primary N) is 1. The molecule has 3 N–H and O–H groups in total. The van der Waals surface area contributed by atoms with Crippen LogP contribution in [0.2, 0.25) is 0 Å². The predicted molar refractivity (Wildman–Crippen MR) is 88.8 cm³/mol. The Labute approximate surface area is 136 Å². The van der Waals surface area contributed by atoms with Gasteiger partial charge in [0.1, 0.15) is 11.9 Å². The van der Waals surface area contributed by atoms with Crippen LogP contribution in [0.15, 0.2) is 18.3 Å². The van der Waals surface area contributed by atoms with Crippen LogP contribution in [0.5, 0.6) is 0 Å². The molecule has 1 atom stereocenters. The van der Waals surface area contributed by atoms with Crippen molar-refractivity contribution in [2.24, 2.45) is 0 Å². The smallest absolute Gasteiger partial charge is 0.247 e. The third-order valence-corrected chi connectivity index (χ3v) is 3.64. The van der Waals surface area contributed by atoms with Gasteiger partial charge in [-0.05, 0) is 37.8 Å². The minimum absolute atomic E-state index is 0. The largest absolute Gasteiger partial charge is 0.384 e. The molecule has 1 saturated heterocycles. The Bertz CT molecular complexity index is 507. The topological polar surface area (TPSA) is 88.3 Å². The molecular formula is C15H23ClN4O2. The number of amides is 2. The van der Waals surface area contributed by atoms with Gasteiger partial charge in [0.2, 0.25) is 11.8 Å². The molecule has 0 aromatic carbocycles. The molecule has 0 saturated carbocycles. The first-order chi connectivity index (χ1) is 10.1. The second kappa shape index (κ2) is 8.58. The lowest BCUT2D eigenvalue weighted by molar-refractivity contribution is -0.140. The van der Waals surface area contributed by atoms with Crippen molar-refractivity contribution in [3.63, 3.8) is 0 Å². The van der Waals surface area contributed by atoms with Crippen molar-refractivity contribution in [2.45, 2.75) is 45.1 Å². The van der Waals surface area contributed by atoms with E-state index >= 15 is 0 Å². The van der Waals surface area contributed by atoms with E-state index in [0.29, 0.717) is 30.9 Å². The van der Waals surface area contributed by atoms with Crippen LogP contribution in [-0.4, -0.2) is 34.3 Å². The summed E-state index contributed by atoms with van der Waals surface area (Å²) < 4.78 is 0. The van der Waals surface area contributed by atoms with E-state index in [4.69, 9.17) is 5.73 Å². The van der Waals surface area contributed by atoms with Crippen LogP contribution in [0, 0.1) is 0 Å². The van der Waals surface area contributed by atoms with Crippen molar-refractivity contribution >= 4 is 35.7 Å². The van der Waals surface area contributed by atoms with Gasteiger partial charge in [0, 0.05) is 13.0 Å². The molecular weight excluding hydrogens is 304 g/mol. The molecule has 1 aromatic rings. The number of piperidine rings is 1. The van der Waals surface area contributed by atoms with Crippen molar-refractivity contribution in [1.82, 2.24) is 9.88 Å². The number of pyridine rings is 1. The van der Waals surface area contributed by atoms with Gasteiger partial charge >= 0.3 is 0 Å². The molecule has 0 spiro atoms. The van der Waals surface area contributed by atoms with E-state index < -0.39 is 0 Å². The van der Waals surface area contributed by atoms with Crippen LogP contribution in [-0.2, 0) is 9.59 Å². The molecule has 6 nitrogen and oxygen atoms in total. The number of hydrogen-bond acceptors (Lipinski definition) is 4. The van der Waals surface area contributed by atoms with E-state index in [2.05, 4.69) is 10.3 Å². The molecule has 22 heavy (non-hydrogen) atoms. The van der Waals surface area contributed by atoms with E-state index in [1.807, 2.05) is 6.92 Å². The van der Waals surface area contributed by atoms with Crippen molar-refractivity contribution in [2.75, 3.05) is 17.6 Å². The Morgan fingerprint density at radius 2 is 2.18 bits per heavy atom. The van der Waals surface area contributed by atoms with Crippen LogP contribution >= 0.6 is 12.4 Å². The van der Waals surface area contributed by atoms with Crippen LogP contribution in [0.25, 0.3) is 0 Å². The Morgan fingerprint density at radius 1 is 1.41 bits per heavy atom. The Hall–Kier alpha value is -1.82. The molecule has 1 aliphatic rings. The van der Waals surface area contributed by atoms with Gasteiger partial charge in [0.05, 0.1) is 11.9 Å². The number of nitrogen functional groups attached to an aromatic ring is 1. The van der Waals surface area contributed by atoms with Gasteiger partial charge in [-0.15, -0.1) is 12.4 Å². The fraction of sp³-hybridized carbons (Fsp3) is 0.533. The minimum Gasteiger partial charge on any atom is -0.384 e. The molecule has 0 bridgehead atoms. The van der Waals surface area contributed by atoms with Crippen LogP contribution in [0.3, 0.4) is 0 Å². The van der Waals surface area contributed by atoms with E-state index in [1.54, 1.807) is 17.0 Å². The summed E-state index contributed by atoms with van der Waals surface area (Å²) in [4.78, 5) is 30.2. The highest BCUT2D eigenvalue weighted by Gasteiger charge is 2.31. The SMILES string of the molecule is CCCC(=O)N1CCCCC1C(=O)Nc1ccc(N)nc1.Cl. The summed E-state index contributed by atoms with van der Waals surface area (Å²) in [5, 5.41) is 2.81. The van der Waals surface area contributed by atoms with Gasteiger partial charge in [0.15, 0.2) is 0 Å². The molecule has 1 fully saturated rings. The predicted octanol–water partition coefficient (Wildman–Crippen LogP) is 2.21. The van der Waals surface area contributed by atoms with E-state index in [0.717, 1.165) is 19.3 Å². The highest BCUT2D eigenvalue weighted by molar-refractivity contribution is 5.97. The highest BCUT2D eigenvalue weighted by Crippen LogP contribution is 2.20. The molecule has 2 rings (SSSR count). The number of carbonyl (C=O) groups excluding carboxylic acids is 2. The summed E-state index contributed by atoms with van der Waals surface area (Å²) in [6, 6.07) is 2.97. The standard InChI is InChI=1S/C15H22N4O2.ClH/c1-2-5-14(20)19-9-4-3-6-12(19)15(21)18-11-7-8-13(16)17-10-11;/h7-8,10,12H,2-6,9H2,1H3,(H2,16,17)(H,18,21);1H. The lowest BCUT2D eigenvalue weighted by atomic mass is 10.0. The Kier molecular flexibility index (Phi) is 7.11. The molecule has 0 aliphatic carbocycles. The average molecular weight is 327 g/mol. The number of hydrogen-bond donors (Lipinski definition) is 2. The van der Waals surface area contributed by atoms with Gasteiger partial charge in [0.25, 0.3) is 0 Å². The fourth-order valence-electron chi connectivity index (χ4n) is 2.56. The summed E-state index contributed by atoms with van der Waals surface area (Å²) in [5.41, 5.74) is 6.12. The number of nitrogens with zero attached hydrogens (tertiary/aromatic N) is 2. The fourth-order valence-corrected chi connectivity index (χ4v) is 2.56. The van der Waals surface area contributed by atoms with Gasteiger partial charge in [-0.3, -0.25) is 9.59 Å². The maximum absolute atomic E-state index is 12.4. The van der Waals surface area contributed by atoms with E-state index in [1.165, 1.54) is 6.20 Å². The minimum atomic E-state index is -0.379. The number of nitrogens with one attached hydrogen (secondary N) is 1. The lowest BCUT2D eigenvalue weighted by Crippen LogP contribution is -2.49. The maximum atomic E-state index is 12.4. The molecule has 0 radical (unpaired) electrons.